The first-order chi connectivity index (χ1) is 7.74. The molecule has 0 saturated heterocycles. The van der Waals surface area contributed by atoms with Gasteiger partial charge in [0, 0.05) is 12.1 Å². The number of nitrogens with two attached hydrogens (primary N) is 1. The van der Waals surface area contributed by atoms with Crippen molar-refractivity contribution in [1.29, 1.82) is 0 Å². The lowest BCUT2D eigenvalue weighted by Crippen LogP contribution is -2.39. The maximum absolute atomic E-state index is 5.86. The summed E-state index contributed by atoms with van der Waals surface area (Å²) in [5.41, 5.74) is 7.30. The molecule has 0 aliphatic heterocycles. The Kier molecular flexibility index (Phi) is 4.00. The lowest BCUT2D eigenvalue weighted by Gasteiger charge is -2.34. The van der Waals surface area contributed by atoms with E-state index >= 15 is 0 Å². The van der Waals surface area contributed by atoms with Crippen molar-refractivity contribution in [2.24, 2.45) is 11.7 Å². The number of hydrogen-bond acceptors (Lipinski definition) is 3. The van der Waals surface area contributed by atoms with Gasteiger partial charge in [0.25, 0.3) is 0 Å². The maximum atomic E-state index is 5.86. The Morgan fingerprint density at radius 2 is 2.38 bits per heavy atom. The molecule has 0 amide bonds. The molecule has 0 aromatic carbocycles. The third kappa shape index (κ3) is 2.31. The van der Waals surface area contributed by atoms with Crippen LogP contribution in [0.2, 0.25) is 0 Å². The van der Waals surface area contributed by atoms with Crippen molar-refractivity contribution in [1.82, 2.24) is 4.90 Å². The van der Waals surface area contributed by atoms with Crippen LogP contribution in [0.1, 0.15) is 37.8 Å². The van der Waals surface area contributed by atoms with Gasteiger partial charge >= 0.3 is 0 Å². The van der Waals surface area contributed by atoms with Crippen LogP contribution in [0.3, 0.4) is 0 Å². The molecular weight excluding hydrogens is 216 g/mol. The van der Waals surface area contributed by atoms with Crippen molar-refractivity contribution >= 4 is 11.3 Å². The predicted octanol–water partition coefficient (Wildman–Crippen LogP) is 2.87. The van der Waals surface area contributed by atoms with Crippen LogP contribution in [0.25, 0.3) is 0 Å². The summed E-state index contributed by atoms with van der Waals surface area (Å²) in [4.78, 5) is 2.52. The molecule has 1 aromatic rings. The van der Waals surface area contributed by atoms with Crippen molar-refractivity contribution in [2.45, 2.75) is 38.3 Å². The quantitative estimate of drug-likeness (QED) is 0.874. The molecule has 3 atom stereocenters. The van der Waals surface area contributed by atoms with Gasteiger partial charge in [-0.2, -0.15) is 11.3 Å². The van der Waals surface area contributed by atoms with E-state index in [-0.39, 0.29) is 0 Å². The van der Waals surface area contributed by atoms with Gasteiger partial charge in [-0.15, -0.1) is 0 Å². The number of thiophene rings is 1. The lowest BCUT2D eigenvalue weighted by atomic mass is 10.00. The van der Waals surface area contributed by atoms with E-state index in [4.69, 9.17) is 5.73 Å². The average Bonchev–Trinajstić information content (AvgIpc) is 2.97. The second kappa shape index (κ2) is 5.30. The minimum atomic E-state index is 0.517. The minimum absolute atomic E-state index is 0.517. The summed E-state index contributed by atoms with van der Waals surface area (Å²) in [7, 11) is 2.25. The standard InChI is InChI=1S/C13H22N2S/c1-10(12-6-7-16-9-12)15(2)13-5-3-4-11(13)8-14/h6-7,9-11,13H,3-5,8,14H2,1-2H3. The van der Waals surface area contributed by atoms with Crippen LogP contribution >= 0.6 is 11.3 Å². The summed E-state index contributed by atoms with van der Waals surface area (Å²) < 4.78 is 0. The summed E-state index contributed by atoms with van der Waals surface area (Å²) in [6, 6.07) is 3.43. The molecule has 0 bridgehead atoms. The largest absolute Gasteiger partial charge is 0.330 e. The Labute approximate surface area is 102 Å². The van der Waals surface area contributed by atoms with Gasteiger partial charge in [-0.25, -0.2) is 0 Å². The van der Waals surface area contributed by atoms with Crippen molar-refractivity contribution in [3.8, 4) is 0 Å². The highest BCUT2D eigenvalue weighted by Crippen LogP contribution is 2.33. The number of hydrogen-bond donors (Lipinski definition) is 1. The third-order valence-corrected chi connectivity index (χ3v) is 4.78. The van der Waals surface area contributed by atoms with E-state index < -0.39 is 0 Å². The van der Waals surface area contributed by atoms with Crippen molar-refractivity contribution in [3.63, 3.8) is 0 Å². The highest BCUT2D eigenvalue weighted by atomic mass is 32.1. The summed E-state index contributed by atoms with van der Waals surface area (Å²) in [6.45, 7) is 3.14. The van der Waals surface area contributed by atoms with Gasteiger partial charge in [-0.05, 0) is 61.7 Å². The second-order valence-corrected chi connectivity index (χ2v) is 5.67. The fourth-order valence-corrected chi connectivity index (χ4v) is 3.61. The first-order valence-corrected chi connectivity index (χ1v) is 7.12. The van der Waals surface area contributed by atoms with Gasteiger partial charge in [0.1, 0.15) is 0 Å². The Balaban J connectivity index is 2.04. The fourth-order valence-electron chi connectivity index (χ4n) is 2.86. The Morgan fingerprint density at radius 3 is 3.00 bits per heavy atom. The normalized spacial score (nSPS) is 27.5. The third-order valence-electron chi connectivity index (χ3n) is 4.08. The van der Waals surface area contributed by atoms with Gasteiger partial charge in [0.15, 0.2) is 0 Å². The van der Waals surface area contributed by atoms with Crippen molar-refractivity contribution in [3.05, 3.63) is 22.4 Å². The van der Waals surface area contributed by atoms with Crippen LogP contribution in [-0.4, -0.2) is 24.5 Å². The van der Waals surface area contributed by atoms with E-state index in [1.54, 1.807) is 11.3 Å². The van der Waals surface area contributed by atoms with Crippen LogP contribution in [-0.2, 0) is 0 Å². The molecule has 0 spiro atoms. The first-order valence-electron chi connectivity index (χ1n) is 6.18. The molecule has 1 aliphatic carbocycles. The maximum Gasteiger partial charge on any atom is 0.0328 e. The average molecular weight is 238 g/mol. The smallest absolute Gasteiger partial charge is 0.0328 e. The Morgan fingerprint density at radius 1 is 1.56 bits per heavy atom. The zero-order valence-corrected chi connectivity index (χ0v) is 11.0. The second-order valence-electron chi connectivity index (χ2n) is 4.89. The zero-order chi connectivity index (χ0) is 11.5. The van der Waals surface area contributed by atoms with Gasteiger partial charge in [-0.1, -0.05) is 6.42 Å². The monoisotopic (exact) mass is 238 g/mol. The lowest BCUT2D eigenvalue weighted by molar-refractivity contribution is 0.152. The molecule has 16 heavy (non-hydrogen) atoms. The van der Waals surface area contributed by atoms with Crippen LogP contribution < -0.4 is 5.73 Å². The molecule has 2 N–H and O–H groups in total. The molecule has 2 nitrogen and oxygen atoms in total. The molecule has 1 fully saturated rings. The minimum Gasteiger partial charge on any atom is -0.330 e. The van der Waals surface area contributed by atoms with Crippen LogP contribution in [0.15, 0.2) is 16.8 Å². The summed E-state index contributed by atoms with van der Waals surface area (Å²) in [6.07, 6.45) is 3.96. The number of rotatable bonds is 4. The van der Waals surface area contributed by atoms with Crippen LogP contribution in [0.4, 0.5) is 0 Å². The van der Waals surface area contributed by atoms with E-state index in [1.807, 2.05) is 0 Å². The van der Waals surface area contributed by atoms with Gasteiger partial charge in [0.05, 0.1) is 0 Å². The van der Waals surface area contributed by atoms with Crippen LogP contribution in [0, 0.1) is 5.92 Å². The van der Waals surface area contributed by atoms with Gasteiger partial charge < -0.3 is 5.73 Å². The number of nitrogens with zero attached hydrogens (tertiary/aromatic N) is 1. The van der Waals surface area contributed by atoms with Gasteiger partial charge in [-0.3, -0.25) is 4.90 Å². The topological polar surface area (TPSA) is 29.3 Å². The molecule has 1 aromatic heterocycles. The molecule has 0 radical (unpaired) electrons. The Hall–Kier alpha value is -0.380. The first kappa shape index (κ1) is 12.1. The van der Waals surface area contributed by atoms with E-state index in [0.29, 0.717) is 18.0 Å². The molecule has 3 unspecified atom stereocenters. The molecule has 1 saturated carbocycles. The molecule has 1 aliphatic rings. The zero-order valence-electron chi connectivity index (χ0n) is 10.2. The SMILES string of the molecule is CC(c1ccsc1)N(C)C1CCCC1CN. The van der Waals surface area contributed by atoms with Crippen molar-refractivity contribution < 1.29 is 0 Å². The summed E-state index contributed by atoms with van der Waals surface area (Å²) in [5.74, 6) is 0.700. The summed E-state index contributed by atoms with van der Waals surface area (Å²) >= 11 is 1.78. The molecule has 90 valence electrons. The van der Waals surface area contributed by atoms with Crippen LogP contribution in [0.5, 0.6) is 0 Å². The summed E-state index contributed by atoms with van der Waals surface area (Å²) in [5, 5.41) is 4.42. The molecule has 3 heteroatoms. The molecule has 1 heterocycles. The van der Waals surface area contributed by atoms with E-state index in [9.17, 15) is 0 Å². The molecule has 2 rings (SSSR count). The fraction of sp³-hybridized carbons (Fsp3) is 0.692. The van der Waals surface area contributed by atoms with Gasteiger partial charge in [0.2, 0.25) is 0 Å². The van der Waals surface area contributed by atoms with E-state index in [0.717, 1.165) is 6.54 Å². The highest BCUT2D eigenvalue weighted by molar-refractivity contribution is 7.07. The van der Waals surface area contributed by atoms with Crippen molar-refractivity contribution in [2.75, 3.05) is 13.6 Å². The molecular formula is C13H22N2S. The van der Waals surface area contributed by atoms with E-state index in [1.165, 1.54) is 24.8 Å². The predicted molar refractivity (Wildman–Crippen MR) is 70.7 cm³/mol. The highest BCUT2D eigenvalue weighted by Gasteiger charge is 2.31. The Bertz CT molecular complexity index is 310. The van der Waals surface area contributed by atoms with E-state index in [2.05, 4.69) is 35.7 Å².